The van der Waals surface area contributed by atoms with Crippen molar-refractivity contribution in [2.24, 2.45) is 5.92 Å². The second-order valence-electron chi connectivity index (χ2n) is 7.80. The minimum atomic E-state index is -0.209. The molecule has 4 aromatic rings. The molecule has 0 aliphatic carbocycles. The maximum Gasteiger partial charge on any atom is 0.255 e. The lowest BCUT2D eigenvalue weighted by Gasteiger charge is -2.12. The molecule has 1 N–H and O–H groups in total. The van der Waals surface area contributed by atoms with Crippen molar-refractivity contribution in [1.29, 1.82) is 0 Å². The van der Waals surface area contributed by atoms with Gasteiger partial charge in [-0.1, -0.05) is 37.6 Å². The fraction of sp³-hybridized carbons (Fsp3) is 0.200. The van der Waals surface area contributed by atoms with Crippen LogP contribution >= 0.6 is 11.6 Å². The maximum atomic E-state index is 12.9. The minimum Gasteiger partial charge on any atom is -0.493 e. The number of ether oxygens (including phenoxy) is 1. The number of halogens is 1. The molecule has 0 unspecified atom stereocenters. The SMILES string of the molecule is Cc1c(NC(=O)c2cccc(OCC(C)C)c2)cccc1-c1nc2cc(Cl)ccc2o1. The smallest absolute Gasteiger partial charge is 0.255 e. The van der Waals surface area contributed by atoms with Crippen LogP contribution in [0.25, 0.3) is 22.6 Å². The molecule has 31 heavy (non-hydrogen) atoms. The van der Waals surface area contributed by atoms with E-state index in [1.54, 1.807) is 30.3 Å². The molecule has 0 spiro atoms. The lowest BCUT2D eigenvalue weighted by atomic mass is 10.1. The summed E-state index contributed by atoms with van der Waals surface area (Å²) in [6.07, 6.45) is 0. The van der Waals surface area contributed by atoms with Crippen molar-refractivity contribution in [2.45, 2.75) is 20.8 Å². The number of anilines is 1. The van der Waals surface area contributed by atoms with Crippen LogP contribution in [0.1, 0.15) is 29.8 Å². The third kappa shape index (κ3) is 4.72. The normalized spacial score (nSPS) is 11.1. The highest BCUT2D eigenvalue weighted by atomic mass is 35.5. The molecule has 1 aromatic heterocycles. The number of aromatic nitrogens is 1. The molecule has 3 aromatic carbocycles. The molecule has 5 nitrogen and oxygen atoms in total. The maximum absolute atomic E-state index is 12.9. The Morgan fingerprint density at radius 3 is 2.74 bits per heavy atom. The van der Waals surface area contributed by atoms with Crippen LogP contribution in [-0.4, -0.2) is 17.5 Å². The first-order chi connectivity index (χ1) is 14.9. The Kier molecular flexibility index (Phi) is 5.96. The first kappa shape index (κ1) is 20.9. The van der Waals surface area contributed by atoms with E-state index in [-0.39, 0.29) is 5.91 Å². The minimum absolute atomic E-state index is 0.209. The molecule has 0 fully saturated rings. The lowest BCUT2D eigenvalue weighted by molar-refractivity contribution is 0.102. The summed E-state index contributed by atoms with van der Waals surface area (Å²) in [5.74, 6) is 1.36. The van der Waals surface area contributed by atoms with Crippen molar-refractivity contribution in [3.63, 3.8) is 0 Å². The quantitative estimate of drug-likeness (QED) is 0.364. The highest BCUT2D eigenvalue weighted by molar-refractivity contribution is 6.31. The molecule has 1 amide bonds. The molecule has 0 saturated carbocycles. The van der Waals surface area contributed by atoms with Crippen molar-refractivity contribution in [2.75, 3.05) is 11.9 Å². The average Bonchev–Trinajstić information content (AvgIpc) is 3.16. The number of fused-ring (bicyclic) bond motifs is 1. The Hall–Kier alpha value is -3.31. The summed E-state index contributed by atoms with van der Waals surface area (Å²) >= 11 is 6.05. The van der Waals surface area contributed by atoms with Crippen LogP contribution < -0.4 is 10.1 Å². The van der Waals surface area contributed by atoms with Crippen molar-refractivity contribution in [3.8, 4) is 17.2 Å². The van der Waals surface area contributed by atoms with E-state index in [1.807, 2.05) is 37.3 Å². The molecule has 6 heteroatoms. The van der Waals surface area contributed by atoms with Gasteiger partial charge in [0.1, 0.15) is 11.3 Å². The predicted octanol–water partition coefficient (Wildman–Crippen LogP) is 6.74. The van der Waals surface area contributed by atoms with Crippen LogP contribution in [0.5, 0.6) is 5.75 Å². The number of carbonyl (C=O) groups is 1. The largest absolute Gasteiger partial charge is 0.493 e. The van der Waals surface area contributed by atoms with E-state index in [9.17, 15) is 4.79 Å². The van der Waals surface area contributed by atoms with E-state index in [2.05, 4.69) is 24.1 Å². The molecule has 0 aliphatic rings. The summed E-state index contributed by atoms with van der Waals surface area (Å²) in [6.45, 7) is 6.69. The van der Waals surface area contributed by atoms with Gasteiger partial charge in [-0.2, -0.15) is 0 Å². The number of nitrogens with one attached hydrogen (secondary N) is 1. The molecule has 158 valence electrons. The van der Waals surface area contributed by atoms with Crippen LogP contribution in [-0.2, 0) is 0 Å². The first-order valence-corrected chi connectivity index (χ1v) is 10.5. The van der Waals surface area contributed by atoms with Crippen LogP contribution in [0.4, 0.5) is 5.69 Å². The Balaban J connectivity index is 1.58. The Labute approximate surface area is 186 Å². The Morgan fingerprint density at radius 1 is 1.13 bits per heavy atom. The third-order valence-electron chi connectivity index (χ3n) is 4.84. The van der Waals surface area contributed by atoms with Gasteiger partial charge in [0.15, 0.2) is 5.58 Å². The zero-order chi connectivity index (χ0) is 22.0. The van der Waals surface area contributed by atoms with E-state index < -0.39 is 0 Å². The van der Waals surface area contributed by atoms with E-state index in [1.165, 1.54) is 0 Å². The molecule has 1 heterocycles. The molecule has 0 bridgehead atoms. The fourth-order valence-corrected chi connectivity index (χ4v) is 3.37. The summed E-state index contributed by atoms with van der Waals surface area (Å²) in [5.41, 5.74) is 4.24. The summed E-state index contributed by atoms with van der Waals surface area (Å²) in [6, 6.07) is 18.1. The van der Waals surface area contributed by atoms with E-state index >= 15 is 0 Å². The van der Waals surface area contributed by atoms with Crippen molar-refractivity contribution in [3.05, 3.63) is 76.8 Å². The standard InChI is InChI=1S/C25H23ClN2O3/c1-15(2)14-30-19-7-4-6-17(12-19)24(29)27-21-9-5-8-20(16(21)3)25-28-22-13-18(26)10-11-23(22)31-25/h4-13,15H,14H2,1-3H3,(H,27,29). The van der Waals surface area contributed by atoms with Gasteiger partial charge in [-0.25, -0.2) is 4.98 Å². The summed E-state index contributed by atoms with van der Waals surface area (Å²) < 4.78 is 11.6. The zero-order valence-corrected chi connectivity index (χ0v) is 18.4. The highest BCUT2D eigenvalue weighted by Gasteiger charge is 2.15. The van der Waals surface area contributed by atoms with Crippen LogP contribution in [0.15, 0.2) is 65.1 Å². The van der Waals surface area contributed by atoms with Crippen LogP contribution in [0.2, 0.25) is 5.02 Å². The summed E-state index contributed by atoms with van der Waals surface area (Å²) in [7, 11) is 0. The fourth-order valence-electron chi connectivity index (χ4n) is 3.20. The van der Waals surface area contributed by atoms with E-state index in [0.717, 1.165) is 11.1 Å². The van der Waals surface area contributed by atoms with Gasteiger partial charge >= 0.3 is 0 Å². The van der Waals surface area contributed by atoms with Crippen LogP contribution in [0, 0.1) is 12.8 Å². The van der Waals surface area contributed by atoms with Gasteiger partial charge in [-0.3, -0.25) is 4.79 Å². The van der Waals surface area contributed by atoms with Crippen LogP contribution in [0.3, 0.4) is 0 Å². The van der Waals surface area contributed by atoms with Crippen molar-refractivity contribution >= 4 is 34.3 Å². The highest BCUT2D eigenvalue weighted by Crippen LogP contribution is 2.31. The van der Waals surface area contributed by atoms with Gasteiger partial charge in [-0.15, -0.1) is 0 Å². The number of amides is 1. The molecule has 0 radical (unpaired) electrons. The van der Waals surface area contributed by atoms with Gasteiger partial charge in [0.05, 0.1) is 6.61 Å². The molecular formula is C25H23ClN2O3. The summed E-state index contributed by atoms with van der Waals surface area (Å²) in [4.78, 5) is 17.4. The van der Waals surface area contributed by atoms with Gasteiger partial charge < -0.3 is 14.5 Å². The molecular weight excluding hydrogens is 412 g/mol. The van der Waals surface area contributed by atoms with Gasteiger partial charge in [0.2, 0.25) is 5.89 Å². The predicted molar refractivity (Wildman–Crippen MR) is 124 cm³/mol. The zero-order valence-electron chi connectivity index (χ0n) is 17.6. The molecule has 4 rings (SSSR count). The lowest BCUT2D eigenvalue weighted by Crippen LogP contribution is -2.13. The molecule has 0 atom stereocenters. The Bertz CT molecular complexity index is 1250. The van der Waals surface area contributed by atoms with Gasteiger partial charge in [0, 0.05) is 21.8 Å². The topological polar surface area (TPSA) is 64.4 Å². The first-order valence-electron chi connectivity index (χ1n) is 10.1. The molecule has 0 saturated heterocycles. The third-order valence-corrected chi connectivity index (χ3v) is 5.08. The number of hydrogen-bond acceptors (Lipinski definition) is 4. The average molecular weight is 435 g/mol. The van der Waals surface area contributed by atoms with Crippen molar-refractivity contribution < 1.29 is 13.9 Å². The van der Waals surface area contributed by atoms with Gasteiger partial charge in [-0.05, 0) is 66.9 Å². The number of rotatable bonds is 6. The van der Waals surface area contributed by atoms with E-state index in [4.69, 9.17) is 20.8 Å². The van der Waals surface area contributed by atoms with Gasteiger partial charge in [0.25, 0.3) is 5.91 Å². The second kappa shape index (κ2) is 8.82. The summed E-state index contributed by atoms with van der Waals surface area (Å²) in [5, 5.41) is 3.59. The number of oxazole rings is 1. The second-order valence-corrected chi connectivity index (χ2v) is 8.23. The number of carbonyl (C=O) groups excluding carboxylic acids is 1. The Morgan fingerprint density at radius 2 is 1.94 bits per heavy atom. The molecule has 0 aliphatic heterocycles. The number of benzene rings is 3. The monoisotopic (exact) mass is 434 g/mol. The number of nitrogens with zero attached hydrogens (tertiary/aromatic N) is 1. The number of hydrogen-bond donors (Lipinski definition) is 1. The van der Waals surface area contributed by atoms with E-state index in [0.29, 0.717) is 51.5 Å². The van der Waals surface area contributed by atoms with Crippen molar-refractivity contribution in [1.82, 2.24) is 4.98 Å².